The van der Waals surface area contributed by atoms with Crippen molar-refractivity contribution in [3.8, 4) is 0 Å². The van der Waals surface area contributed by atoms with Gasteiger partial charge in [0.05, 0.1) is 12.2 Å². The van der Waals surface area contributed by atoms with Crippen molar-refractivity contribution >= 4 is 27.3 Å². The predicted octanol–water partition coefficient (Wildman–Crippen LogP) is 3.90. The zero-order valence-electron chi connectivity index (χ0n) is 15.6. The molecule has 0 aromatic heterocycles. The number of benzene rings is 2. The van der Waals surface area contributed by atoms with E-state index in [-0.39, 0.29) is 11.7 Å². The van der Waals surface area contributed by atoms with Crippen molar-refractivity contribution in [1.82, 2.24) is 0 Å². The van der Waals surface area contributed by atoms with Gasteiger partial charge in [-0.25, -0.2) is 8.42 Å². The van der Waals surface area contributed by atoms with Crippen molar-refractivity contribution in [1.29, 1.82) is 0 Å². The maximum Gasteiger partial charge on any atom is 0.232 e. The Balaban J connectivity index is 1.58. The summed E-state index contributed by atoms with van der Waals surface area (Å²) in [6, 6.07) is 13.1. The molecule has 144 valence electrons. The van der Waals surface area contributed by atoms with E-state index in [1.165, 1.54) is 24.0 Å². The molecule has 0 heterocycles. The van der Waals surface area contributed by atoms with Crippen LogP contribution in [0.4, 0.5) is 11.4 Å². The molecule has 0 aliphatic heterocycles. The third-order valence-corrected chi connectivity index (χ3v) is 6.18. The van der Waals surface area contributed by atoms with Crippen LogP contribution >= 0.6 is 0 Å². The Morgan fingerprint density at radius 1 is 0.963 bits per heavy atom. The summed E-state index contributed by atoms with van der Waals surface area (Å²) in [5.74, 6) is 0.0109. The second-order valence-electron chi connectivity index (χ2n) is 7.03. The molecule has 6 heteroatoms. The van der Waals surface area contributed by atoms with Crippen LogP contribution in [0.2, 0.25) is 0 Å². The van der Waals surface area contributed by atoms with Crippen molar-refractivity contribution in [2.45, 2.75) is 45.4 Å². The Kier molecular flexibility index (Phi) is 6.16. The SMILES string of the molecule is CCCS(=O)(=O)Nc1ccc(NC(=O)Cc2ccc3c(c2)CCCC3)cc1. The van der Waals surface area contributed by atoms with Gasteiger partial charge in [-0.05, 0) is 73.1 Å². The molecule has 0 unspecified atom stereocenters. The van der Waals surface area contributed by atoms with Gasteiger partial charge in [0.15, 0.2) is 0 Å². The molecule has 0 saturated heterocycles. The van der Waals surface area contributed by atoms with Gasteiger partial charge in [0.25, 0.3) is 0 Å². The number of nitrogens with one attached hydrogen (secondary N) is 2. The van der Waals surface area contributed by atoms with Crippen molar-refractivity contribution in [3.63, 3.8) is 0 Å². The molecule has 3 rings (SSSR count). The van der Waals surface area contributed by atoms with Gasteiger partial charge in [0.2, 0.25) is 15.9 Å². The molecule has 27 heavy (non-hydrogen) atoms. The largest absolute Gasteiger partial charge is 0.326 e. The molecule has 1 amide bonds. The highest BCUT2D eigenvalue weighted by Crippen LogP contribution is 2.22. The van der Waals surface area contributed by atoms with Crippen molar-refractivity contribution in [3.05, 3.63) is 59.2 Å². The van der Waals surface area contributed by atoms with Crippen LogP contribution in [-0.4, -0.2) is 20.1 Å². The molecule has 0 fully saturated rings. The Bertz CT molecular complexity index is 906. The number of carbonyl (C=O) groups excluding carboxylic acids is 1. The number of sulfonamides is 1. The third kappa shape index (κ3) is 5.57. The first-order valence-electron chi connectivity index (χ1n) is 9.46. The number of amides is 1. The lowest BCUT2D eigenvalue weighted by atomic mass is 9.90. The number of rotatable bonds is 7. The molecule has 2 aromatic carbocycles. The predicted molar refractivity (Wildman–Crippen MR) is 110 cm³/mol. The smallest absolute Gasteiger partial charge is 0.232 e. The maximum absolute atomic E-state index is 12.3. The summed E-state index contributed by atoms with van der Waals surface area (Å²) in [5, 5.41) is 2.87. The van der Waals surface area contributed by atoms with E-state index < -0.39 is 10.0 Å². The Morgan fingerprint density at radius 3 is 2.33 bits per heavy atom. The van der Waals surface area contributed by atoms with E-state index in [0.717, 1.165) is 18.4 Å². The number of anilines is 2. The van der Waals surface area contributed by atoms with Crippen LogP contribution in [0.25, 0.3) is 0 Å². The van der Waals surface area contributed by atoms with E-state index in [4.69, 9.17) is 0 Å². The summed E-state index contributed by atoms with van der Waals surface area (Å²) < 4.78 is 26.1. The Labute approximate surface area is 161 Å². The maximum atomic E-state index is 12.3. The lowest BCUT2D eigenvalue weighted by Gasteiger charge is -2.16. The molecule has 0 spiro atoms. The highest BCUT2D eigenvalue weighted by Gasteiger charge is 2.12. The van der Waals surface area contributed by atoms with Gasteiger partial charge >= 0.3 is 0 Å². The molecule has 0 bridgehead atoms. The Hall–Kier alpha value is -2.34. The first-order valence-corrected chi connectivity index (χ1v) is 11.1. The minimum Gasteiger partial charge on any atom is -0.326 e. The summed E-state index contributed by atoms with van der Waals surface area (Å²) >= 11 is 0. The molecular formula is C21H26N2O3S. The minimum absolute atomic E-state index is 0.0786. The van der Waals surface area contributed by atoms with Crippen molar-refractivity contribution in [2.24, 2.45) is 0 Å². The average molecular weight is 387 g/mol. The average Bonchev–Trinajstić information content (AvgIpc) is 2.63. The van der Waals surface area contributed by atoms with Crippen LogP contribution in [0.3, 0.4) is 0 Å². The number of hydrogen-bond donors (Lipinski definition) is 2. The zero-order valence-corrected chi connectivity index (χ0v) is 16.4. The quantitative estimate of drug-likeness (QED) is 0.758. The number of carbonyl (C=O) groups is 1. The number of fused-ring (bicyclic) bond motifs is 1. The summed E-state index contributed by atoms with van der Waals surface area (Å²) in [4.78, 5) is 12.3. The number of aryl methyl sites for hydroxylation is 2. The summed E-state index contributed by atoms with van der Waals surface area (Å²) in [5.41, 5.74) is 4.95. The zero-order chi connectivity index (χ0) is 19.3. The fourth-order valence-corrected chi connectivity index (χ4v) is 4.54. The summed E-state index contributed by atoms with van der Waals surface area (Å²) in [6.07, 6.45) is 5.59. The standard InChI is InChI=1S/C21H26N2O3S/c1-2-13-27(25,26)23-20-11-9-19(10-12-20)22-21(24)15-16-7-8-17-5-3-4-6-18(17)14-16/h7-12,14,23H,2-6,13,15H2,1H3,(H,22,24). The molecule has 1 aliphatic rings. The Morgan fingerprint density at radius 2 is 1.63 bits per heavy atom. The highest BCUT2D eigenvalue weighted by molar-refractivity contribution is 7.92. The topological polar surface area (TPSA) is 75.3 Å². The first-order chi connectivity index (χ1) is 12.9. The molecule has 0 radical (unpaired) electrons. The van der Waals surface area contributed by atoms with Gasteiger partial charge in [-0.3, -0.25) is 9.52 Å². The van der Waals surface area contributed by atoms with Crippen LogP contribution in [0.1, 0.15) is 42.9 Å². The van der Waals surface area contributed by atoms with Crippen molar-refractivity contribution in [2.75, 3.05) is 15.8 Å². The van der Waals surface area contributed by atoms with Crippen LogP contribution in [0, 0.1) is 0 Å². The van der Waals surface area contributed by atoms with Gasteiger partial charge in [-0.1, -0.05) is 25.1 Å². The van der Waals surface area contributed by atoms with Crippen LogP contribution in [-0.2, 0) is 34.1 Å². The molecule has 5 nitrogen and oxygen atoms in total. The fourth-order valence-electron chi connectivity index (χ4n) is 3.41. The summed E-state index contributed by atoms with van der Waals surface area (Å²) in [6.45, 7) is 1.82. The van der Waals surface area contributed by atoms with E-state index in [9.17, 15) is 13.2 Å². The van der Waals surface area contributed by atoms with Crippen molar-refractivity contribution < 1.29 is 13.2 Å². The van der Waals surface area contributed by atoms with Gasteiger partial charge < -0.3 is 5.32 Å². The van der Waals surface area contributed by atoms with Gasteiger partial charge in [-0.2, -0.15) is 0 Å². The fraction of sp³-hybridized carbons (Fsp3) is 0.381. The second kappa shape index (κ2) is 8.57. The lowest BCUT2D eigenvalue weighted by Crippen LogP contribution is -2.16. The molecule has 2 aromatic rings. The highest BCUT2D eigenvalue weighted by atomic mass is 32.2. The molecule has 0 atom stereocenters. The third-order valence-electron chi connectivity index (χ3n) is 4.69. The normalized spacial score (nSPS) is 13.7. The van der Waals surface area contributed by atoms with Gasteiger partial charge in [0, 0.05) is 11.4 Å². The molecule has 2 N–H and O–H groups in total. The van der Waals surface area contributed by atoms with Crippen LogP contribution in [0.5, 0.6) is 0 Å². The first kappa shape index (κ1) is 19.4. The van der Waals surface area contributed by atoms with E-state index in [1.807, 2.05) is 13.0 Å². The van der Waals surface area contributed by atoms with Gasteiger partial charge in [-0.15, -0.1) is 0 Å². The van der Waals surface area contributed by atoms with Crippen LogP contribution in [0.15, 0.2) is 42.5 Å². The lowest BCUT2D eigenvalue weighted by molar-refractivity contribution is -0.115. The molecule has 1 aliphatic carbocycles. The molecular weight excluding hydrogens is 360 g/mol. The monoisotopic (exact) mass is 386 g/mol. The van der Waals surface area contributed by atoms with E-state index in [1.54, 1.807) is 24.3 Å². The summed E-state index contributed by atoms with van der Waals surface area (Å²) in [7, 11) is -3.31. The molecule has 0 saturated carbocycles. The van der Waals surface area contributed by atoms with E-state index in [0.29, 0.717) is 24.2 Å². The van der Waals surface area contributed by atoms with Crippen LogP contribution < -0.4 is 10.0 Å². The van der Waals surface area contributed by atoms with E-state index in [2.05, 4.69) is 22.2 Å². The van der Waals surface area contributed by atoms with E-state index >= 15 is 0 Å². The number of hydrogen-bond acceptors (Lipinski definition) is 3. The minimum atomic E-state index is -3.31. The van der Waals surface area contributed by atoms with Gasteiger partial charge in [0.1, 0.15) is 0 Å². The second-order valence-corrected chi connectivity index (χ2v) is 8.88.